The maximum Gasteiger partial charge on any atom is 0.387 e. The van der Waals surface area contributed by atoms with Crippen LogP contribution in [-0.4, -0.2) is 37.6 Å². The standard InChI is InChI=1S/C20H23F3N2O3/c1-12-5-7-15(10-16(12)21)24-19(26)13(2)25(3)11-14-6-8-17(28-20(22)23)18(9-14)27-4/h5-10,13,20H,11H2,1-4H3,(H,24,26)/t13-/m0/s1. The number of ether oxygens (including phenoxy) is 2. The monoisotopic (exact) mass is 396 g/mol. The van der Waals surface area contributed by atoms with Crippen LogP contribution in [0, 0.1) is 12.7 Å². The summed E-state index contributed by atoms with van der Waals surface area (Å²) in [5.41, 5.74) is 1.63. The molecule has 1 atom stereocenters. The van der Waals surface area contributed by atoms with E-state index in [1.165, 1.54) is 19.2 Å². The summed E-state index contributed by atoms with van der Waals surface area (Å²) in [6.45, 7) is 0.773. The molecule has 152 valence electrons. The number of nitrogens with zero attached hydrogens (tertiary/aromatic N) is 1. The number of nitrogens with one attached hydrogen (secondary N) is 1. The Morgan fingerprint density at radius 3 is 2.50 bits per heavy atom. The molecule has 5 nitrogen and oxygen atoms in total. The molecule has 0 aliphatic carbocycles. The number of likely N-dealkylation sites (N-methyl/N-ethyl adjacent to an activating group) is 1. The van der Waals surface area contributed by atoms with Crippen LogP contribution >= 0.6 is 0 Å². The Morgan fingerprint density at radius 1 is 1.18 bits per heavy atom. The van der Waals surface area contributed by atoms with Gasteiger partial charge in [-0.2, -0.15) is 8.78 Å². The first-order valence-electron chi connectivity index (χ1n) is 8.60. The van der Waals surface area contributed by atoms with Gasteiger partial charge < -0.3 is 14.8 Å². The predicted octanol–water partition coefficient (Wildman–Crippen LogP) is 4.20. The van der Waals surface area contributed by atoms with Gasteiger partial charge in [-0.3, -0.25) is 9.69 Å². The van der Waals surface area contributed by atoms with Gasteiger partial charge in [0.2, 0.25) is 5.91 Å². The van der Waals surface area contributed by atoms with Crippen LogP contribution in [0.5, 0.6) is 11.5 Å². The number of anilines is 1. The number of aryl methyl sites for hydroxylation is 1. The molecule has 2 rings (SSSR count). The van der Waals surface area contributed by atoms with Gasteiger partial charge >= 0.3 is 6.61 Å². The molecule has 0 bridgehead atoms. The first kappa shape index (κ1) is 21.6. The number of carbonyl (C=O) groups excluding carboxylic acids is 1. The van der Waals surface area contributed by atoms with Crippen LogP contribution in [0.4, 0.5) is 18.9 Å². The van der Waals surface area contributed by atoms with Crippen LogP contribution < -0.4 is 14.8 Å². The van der Waals surface area contributed by atoms with E-state index in [4.69, 9.17) is 4.74 Å². The fourth-order valence-electron chi connectivity index (χ4n) is 2.55. The zero-order valence-electron chi connectivity index (χ0n) is 16.1. The van der Waals surface area contributed by atoms with Crippen molar-refractivity contribution < 1.29 is 27.4 Å². The summed E-state index contributed by atoms with van der Waals surface area (Å²) in [5.74, 6) is -0.568. The molecule has 28 heavy (non-hydrogen) atoms. The fraction of sp³-hybridized carbons (Fsp3) is 0.350. The molecule has 1 N–H and O–H groups in total. The minimum atomic E-state index is -2.95. The third-order valence-electron chi connectivity index (χ3n) is 4.36. The summed E-state index contributed by atoms with van der Waals surface area (Å²) >= 11 is 0. The van der Waals surface area contributed by atoms with E-state index in [-0.39, 0.29) is 17.4 Å². The first-order valence-corrected chi connectivity index (χ1v) is 8.60. The first-order chi connectivity index (χ1) is 13.2. The van der Waals surface area contributed by atoms with Gasteiger partial charge in [0.05, 0.1) is 13.2 Å². The van der Waals surface area contributed by atoms with Crippen molar-refractivity contribution >= 4 is 11.6 Å². The molecule has 0 aliphatic rings. The largest absolute Gasteiger partial charge is 0.493 e. The third kappa shape index (κ3) is 5.63. The Labute approximate surface area is 162 Å². The predicted molar refractivity (Wildman–Crippen MR) is 100 cm³/mol. The summed E-state index contributed by atoms with van der Waals surface area (Å²) in [6, 6.07) is 8.57. The molecule has 1 amide bonds. The minimum absolute atomic E-state index is 0.0592. The van der Waals surface area contributed by atoms with E-state index in [1.807, 2.05) is 0 Å². The van der Waals surface area contributed by atoms with Crippen LogP contribution in [0.15, 0.2) is 36.4 Å². The van der Waals surface area contributed by atoms with Crippen molar-refractivity contribution in [2.24, 2.45) is 0 Å². The van der Waals surface area contributed by atoms with Crippen molar-refractivity contribution in [2.45, 2.75) is 33.0 Å². The topological polar surface area (TPSA) is 50.8 Å². The van der Waals surface area contributed by atoms with Gasteiger partial charge in [-0.25, -0.2) is 4.39 Å². The van der Waals surface area contributed by atoms with Crippen molar-refractivity contribution in [1.82, 2.24) is 4.90 Å². The van der Waals surface area contributed by atoms with Gasteiger partial charge in [0, 0.05) is 12.2 Å². The lowest BCUT2D eigenvalue weighted by molar-refractivity contribution is -0.120. The van der Waals surface area contributed by atoms with Crippen molar-refractivity contribution in [3.63, 3.8) is 0 Å². The average Bonchev–Trinajstić information content (AvgIpc) is 2.64. The molecule has 8 heteroatoms. The van der Waals surface area contributed by atoms with Crippen LogP contribution in [0.25, 0.3) is 0 Å². The summed E-state index contributed by atoms with van der Waals surface area (Å²) in [7, 11) is 3.11. The number of carbonyl (C=O) groups is 1. The SMILES string of the molecule is COc1cc(CN(C)[C@@H](C)C(=O)Nc2ccc(C)c(F)c2)ccc1OC(F)F. The van der Waals surface area contributed by atoms with E-state index in [0.29, 0.717) is 17.8 Å². The Kier molecular flexibility index (Phi) is 7.28. The van der Waals surface area contributed by atoms with Crippen LogP contribution in [0.3, 0.4) is 0 Å². The molecule has 0 heterocycles. The van der Waals surface area contributed by atoms with Crippen LogP contribution in [-0.2, 0) is 11.3 Å². The van der Waals surface area contributed by atoms with Crippen LogP contribution in [0.2, 0.25) is 0 Å². The highest BCUT2D eigenvalue weighted by molar-refractivity contribution is 5.94. The molecule has 0 spiro atoms. The fourth-order valence-corrected chi connectivity index (χ4v) is 2.55. The van der Waals surface area contributed by atoms with Crippen molar-refractivity contribution in [3.05, 3.63) is 53.3 Å². The number of benzene rings is 2. The minimum Gasteiger partial charge on any atom is -0.493 e. The molecule has 2 aromatic rings. The van der Waals surface area contributed by atoms with Gasteiger partial charge in [0.15, 0.2) is 11.5 Å². The molecule has 0 saturated carbocycles. The zero-order valence-corrected chi connectivity index (χ0v) is 16.1. The van der Waals surface area contributed by atoms with Crippen LogP contribution in [0.1, 0.15) is 18.1 Å². The van der Waals surface area contributed by atoms with Gasteiger partial charge in [-0.05, 0) is 56.3 Å². The van der Waals surface area contributed by atoms with Crippen molar-refractivity contribution in [2.75, 3.05) is 19.5 Å². The molecule has 0 saturated heterocycles. The molecule has 0 radical (unpaired) electrons. The Balaban J connectivity index is 2.03. The number of alkyl halides is 2. The van der Waals surface area contributed by atoms with Crippen molar-refractivity contribution in [3.8, 4) is 11.5 Å². The Morgan fingerprint density at radius 2 is 1.89 bits per heavy atom. The molecular weight excluding hydrogens is 373 g/mol. The highest BCUT2D eigenvalue weighted by Crippen LogP contribution is 2.30. The van der Waals surface area contributed by atoms with E-state index in [1.54, 1.807) is 50.1 Å². The molecule has 0 unspecified atom stereocenters. The second-order valence-corrected chi connectivity index (χ2v) is 6.41. The quantitative estimate of drug-likeness (QED) is 0.727. The molecule has 0 fully saturated rings. The third-order valence-corrected chi connectivity index (χ3v) is 4.36. The Bertz CT molecular complexity index is 830. The number of rotatable bonds is 8. The second kappa shape index (κ2) is 9.45. The number of hydrogen-bond donors (Lipinski definition) is 1. The van der Waals surface area contributed by atoms with Gasteiger partial charge in [0.25, 0.3) is 0 Å². The second-order valence-electron chi connectivity index (χ2n) is 6.41. The highest BCUT2D eigenvalue weighted by Gasteiger charge is 2.19. The van der Waals surface area contributed by atoms with E-state index in [0.717, 1.165) is 5.56 Å². The summed E-state index contributed by atoms with van der Waals surface area (Å²) in [6.07, 6.45) is 0. The number of methoxy groups -OCH3 is 1. The number of hydrogen-bond acceptors (Lipinski definition) is 4. The molecule has 0 aromatic heterocycles. The lowest BCUT2D eigenvalue weighted by atomic mass is 10.1. The van der Waals surface area contributed by atoms with E-state index >= 15 is 0 Å². The van der Waals surface area contributed by atoms with E-state index < -0.39 is 18.5 Å². The van der Waals surface area contributed by atoms with Gasteiger partial charge in [-0.1, -0.05) is 12.1 Å². The lowest BCUT2D eigenvalue weighted by Gasteiger charge is -2.24. The average molecular weight is 396 g/mol. The van der Waals surface area contributed by atoms with E-state index in [9.17, 15) is 18.0 Å². The highest BCUT2D eigenvalue weighted by atomic mass is 19.3. The molecule has 0 aliphatic heterocycles. The maximum absolute atomic E-state index is 13.6. The summed E-state index contributed by atoms with van der Waals surface area (Å²) in [4.78, 5) is 14.2. The zero-order chi connectivity index (χ0) is 20.8. The molecule has 2 aromatic carbocycles. The van der Waals surface area contributed by atoms with Crippen molar-refractivity contribution in [1.29, 1.82) is 0 Å². The number of halogens is 3. The van der Waals surface area contributed by atoms with Gasteiger partial charge in [-0.15, -0.1) is 0 Å². The Hall–Kier alpha value is -2.74. The normalized spacial score (nSPS) is 12.2. The maximum atomic E-state index is 13.6. The molecular formula is C20H23F3N2O3. The van der Waals surface area contributed by atoms with E-state index in [2.05, 4.69) is 10.1 Å². The summed E-state index contributed by atoms with van der Waals surface area (Å²) in [5, 5.41) is 2.68. The lowest BCUT2D eigenvalue weighted by Crippen LogP contribution is -2.39. The van der Waals surface area contributed by atoms with Gasteiger partial charge in [0.1, 0.15) is 5.82 Å². The summed E-state index contributed by atoms with van der Waals surface area (Å²) < 4.78 is 47.9. The number of amides is 1. The smallest absolute Gasteiger partial charge is 0.387 e.